The third-order valence-electron chi connectivity index (χ3n) is 1.88. The van der Waals surface area contributed by atoms with E-state index in [0.717, 1.165) is 13.0 Å². The third kappa shape index (κ3) is 3.43. The zero-order valence-electron chi connectivity index (χ0n) is 8.73. The van der Waals surface area contributed by atoms with Crippen LogP contribution in [0.3, 0.4) is 0 Å². The first-order valence-electron chi connectivity index (χ1n) is 4.88. The van der Waals surface area contributed by atoms with Crippen LogP contribution in [0.2, 0.25) is 0 Å². The Morgan fingerprint density at radius 3 is 2.64 bits per heavy atom. The molecule has 0 aliphatic rings. The lowest BCUT2D eigenvalue weighted by Crippen LogP contribution is -2.27. The summed E-state index contributed by atoms with van der Waals surface area (Å²) in [6.45, 7) is 6.23. The molecule has 0 saturated heterocycles. The van der Waals surface area contributed by atoms with E-state index in [1.165, 1.54) is 0 Å². The van der Waals surface area contributed by atoms with Gasteiger partial charge in [-0.3, -0.25) is 4.90 Å². The van der Waals surface area contributed by atoms with E-state index in [0.29, 0.717) is 24.9 Å². The minimum atomic E-state index is 0.160. The van der Waals surface area contributed by atoms with Crippen molar-refractivity contribution in [1.82, 2.24) is 15.1 Å². The van der Waals surface area contributed by atoms with Crippen LogP contribution in [-0.2, 0) is 6.54 Å². The lowest BCUT2D eigenvalue weighted by Gasteiger charge is -2.17. The minimum absolute atomic E-state index is 0.160. The first kappa shape index (κ1) is 11.1. The first-order chi connectivity index (χ1) is 6.76. The van der Waals surface area contributed by atoms with Crippen molar-refractivity contribution in [3.8, 4) is 0 Å². The number of rotatable bonds is 6. The summed E-state index contributed by atoms with van der Waals surface area (Å²) in [6.07, 6.45) is 1.05. The fourth-order valence-corrected chi connectivity index (χ4v) is 1.32. The maximum atomic E-state index is 8.84. The first-order valence-corrected chi connectivity index (χ1v) is 4.88. The monoisotopic (exact) mass is 199 g/mol. The van der Waals surface area contributed by atoms with Gasteiger partial charge in [-0.1, -0.05) is 6.92 Å². The van der Waals surface area contributed by atoms with Gasteiger partial charge in [-0.25, -0.2) is 0 Å². The number of aromatic nitrogens is 2. The van der Waals surface area contributed by atoms with Crippen LogP contribution < -0.4 is 0 Å². The molecule has 0 aromatic carbocycles. The minimum Gasteiger partial charge on any atom is -0.424 e. The Kier molecular flexibility index (Phi) is 4.55. The molecule has 0 saturated carbocycles. The summed E-state index contributed by atoms with van der Waals surface area (Å²) in [5.74, 6) is 1.20. The number of aliphatic hydroxyl groups excluding tert-OH is 1. The van der Waals surface area contributed by atoms with Gasteiger partial charge in [-0.15, -0.1) is 10.2 Å². The van der Waals surface area contributed by atoms with E-state index in [4.69, 9.17) is 9.52 Å². The molecule has 1 N–H and O–H groups in total. The molecule has 0 aliphatic heterocycles. The molecule has 0 amide bonds. The van der Waals surface area contributed by atoms with Gasteiger partial charge >= 0.3 is 0 Å². The van der Waals surface area contributed by atoms with Crippen LogP contribution in [0.25, 0.3) is 0 Å². The Labute approximate surface area is 83.7 Å². The zero-order chi connectivity index (χ0) is 10.4. The van der Waals surface area contributed by atoms with Crippen molar-refractivity contribution in [2.75, 3.05) is 19.7 Å². The van der Waals surface area contributed by atoms with Crippen molar-refractivity contribution in [2.24, 2.45) is 0 Å². The van der Waals surface area contributed by atoms with Crippen molar-refractivity contribution < 1.29 is 9.52 Å². The predicted molar refractivity (Wildman–Crippen MR) is 51.7 cm³/mol. The lowest BCUT2D eigenvalue weighted by molar-refractivity contribution is 0.178. The van der Waals surface area contributed by atoms with Crippen molar-refractivity contribution in [1.29, 1.82) is 0 Å². The average molecular weight is 199 g/mol. The number of nitrogens with zero attached hydrogens (tertiary/aromatic N) is 3. The van der Waals surface area contributed by atoms with Gasteiger partial charge in [0.05, 0.1) is 13.2 Å². The van der Waals surface area contributed by atoms with Crippen molar-refractivity contribution in [3.05, 3.63) is 11.8 Å². The molecule has 14 heavy (non-hydrogen) atoms. The molecule has 0 unspecified atom stereocenters. The Bertz CT molecular complexity index is 256. The van der Waals surface area contributed by atoms with E-state index in [-0.39, 0.29) is 6.61 Å². The number of aryl methyl sites for hydroxylation is 1. The van der Waals surface area contributed by atoms with E-state index >= 15 is 0 Å². The summed E-state index contributed by atoms with van der Waals surface area (Å²) in [4.78, 5) is 2.09. The predicted octanol–water partition coefficient (Wildman–Crippen LogP) is 0.582. The largest absolute Gasteiger partial charge is 0.424 e. The van der Waals surface area contributed by atoms with Gasteiger partial charge in [0, 0.05) is 13.5 Å². The fraction of sp³-hybridized carbons (Fsp3) is 0.778. The van der Waals surface area contributed by atoms with E-state index < -0.39 is 0 Å². The van der Waals surface area contributed by atoms with E-state index in [1.807, 2.05) is 0 Å². The summed E-state index contributed by atoms with van der Waals surface area (Å²) in [5, 5.41) is 16.5. The molecule has 1 heterocycles. The Morgan fingerprint density at radius 1 is 1.36 bits per heavy atom. The standard InChI is InChI=1S/C9H17N3O2/c1-3-4-12(5-6-13)7-9-11-10-8(2)14-9/h13H,3-7H2,1-2H3. The third-order valence-corrected chi connectivity index (χ3v) is 1.88. The van der Waals surface area contributed by atoms with Gasteiger partial charge in [0.2, 0.25) is 11.8 Å². The summed E-state index contributed by atoms with van der Waals surface area (Å²) < 4.78 is 5.26. The molecule has 0 spiro atoms. The Morgan fingerprint density at radius 2 is 2.14 bits per heavy atom. The molecule has 5 nitrogen and oxygen atoms in total. The second-order valence-electron chi connectivity index (χ2n) is 3.21. The molecule has 0 radical (unpaired) electrons. The lowest BCUT2D eigenvalue weighted by atomic mass is 10.4. The highest BCUT2D eigenvalue weighted by Gasteiger charge is 2.08. The second-order valence-corrected chi connectivity index (χ2v) is 3.21. The van der Waals surface area contributed by atoms with Crippen LogP contribution in [0, 0.1) is 6.92 Å². The number of hydrogen-bond acceptors (Lipinski definition) is 5. The molecule has 1 aromatic rings. The molecular formula is C9H17N3O2. The maximum Gasteiger partial charge on any atom is 0.230 e. The summed E-state index contributed by atoms with van der Waals surface area (Å²) in [6, 6.07) is 0. The normalized spacial score (nSPS) is 11.1. The van der Waals surface area contributed by atoms with Crippen LogP contribution in [0.1, 0.15) is 25.1 Å². The quantitative estimate of drug-likeness (QED) is 0.726. The average Bonchev–Trinajstić information content (AvgIpc) is 2.52. The van der Waals surface area contributed by atoms with Crippen LogP contribution in [0.4, 0.5) is 0 Å². The Hall–Kier alpha value is -0.940. The maximum absolute atomic E-state index is 8.84. The van der Waals surface area contributed by atoms with E-state index in [2.05, 4.69) is 22.0 Å². The van der Waals surface area contributed by atoms with Crippen molar-refractivity contribution in [2.45, 2.75) is 26.8 Å². The smallest absolute Gasteiger partial charge is 0.230 e. The number of aliphatic hydroxyl groups is 1. The van der Waals surface area contributed by atoms with E-state index in [1.54, 1.807) is 6.92 Å². The fourth-order valence-electron chi connectivity index (χ4n) is 1.32. The van der Waals surface area contributed by atoms with Crippen LogP contribution >= 0.6 is 0 Å². The SMILES string of the molecule is CCCN(CCO)Cc1nnc(C)o1. The van der Waals surface area contributed by atoms with Crippen molar-refractivity contribution >= 4 is 0 Å². The highest BCUT2D eigenvalue weighted by Crippen LogP contribution is 2.03. The summed E-state index contributed by atoms with van der Waals surface area (Å²) in [5.41, 5.74) is 0. The van der Waals surface area contributed by atoms with Gasteiger partial charge in [0.1, 0.15) is 0 Å². The van der Waals surface area contributed by atoms with Gasteiger partial charge in [0.15, 0.2) is 0 Å². The van der Waals surface area contributed by atoms with Crippen LogP contribution in [0.5, 0.6) is 0 Å². The second kappa shape index (κ2) is 5.72. The van der Waals surface area contributed by atoms with Gasteiger partial charge < -0.3 is 9.52 Å². The van der Waals surface area contributed by atoms with E-state index in [9.17, 15) is 0 Å². The highest BCUT2D eigenvalue weighted by molar-refractivity contribution is 4.79. The van der Waals surface area contributed by atoms with Crippen molar-refractivity contribution in [3.63, 3.8) is 0 Å². The van der Waals surface area contributed by atoms with Gasteiger partial charge in [-0.05, 0) is 13.0 Å². The molecule has 0 fully saturated rings. The molecule has 0 aliphatic carbocycles. The van der Waals surface area contributed by atoms with Crippen LogP contribution in [-0.4, -0.2) is 39.9 Å². The summed E-state index contributed by atoms with van der Waals surface area (Å²) >= 11 is 0. The van der Waals surface area contributed by atoms with Crippen LogP contribution in [0.15, 0.2) is 4.42 Å². The highest BCUT2D eigenvalue weighted by atomic mass is 16.4. The molecule has 5 heteroatoms. The zero-order valence-corrected chi connectivity index (χ0v) is 8.73. The molecule has 0 bridgehead atoms. The molecule has 1 rings (SSSR count). The Balaban J connectivity index is 2.46. The topological polar surface area (TPSA) is 62.4 Å². The number of hydrogen-bond donors (Lipinski definition) is 1. The van der Waals surface area contributed by atoms with Gasteiger partial charge in [0.25, 0.3) is 0 Å². The molecular weight excluding hydrogens is 182 g/mol. The molecule has 0 atom stereocenters. The summed E-state index contributed by atoms with van der Waals surface area (Å²) in [7, 11) is 0. The molecule has 1 aromatic heterocycles. The molecule has 80 valence electrons. The van der Waals surface area contributed by atoms with Gasteiger partial charge in [-0.2, -0.15) is 0 Å².